The number of aromatic nitrogens is 2. The molecule has 11 heteroatoms. The highest BCUT2D eigenvalue weighted by atomic mass is 28.4. The van der Waals surface area contributed by atoms with E-state index in [1.54, 1.807) is 29.0 Å². The SMILES string of the molecule is C[C@@H]1[C@@H]([Si](C)(C)F)[C@H](CC(=O)N2CCC[C@H]2CO)O[C@@]12C(=O)N(Cc1cccc(-n3[nH]c4ccccc4c3=O)c1)c1ccccc12. The van der Waals surface area contributed by atoms with Crippen LogP contribution in [0, 0.1) is 5.92 Å². The molecule has 5 atom stereocenters. The summed E-state index contributed by atoms with van der Waals surface area (Å²) in [6, 6.07) is 22.1. The van der Waals surface area contributed by atoms with Gasteiger partial charge in [-0.2, -0.15) is 0 Å². The quantitative estimate of drug-likeness (QED) is 0.218. The number of anilines is 1. The number of carbonyl (C=O) groups is 2. The summed E-state index contributed by atoms with van der Waals surface area (Å²) in [5, 5.41) is 13.6. The van der Waals surface area contributed by atoms with Crippen molar-refractivity contribution in [2.45, 2.75) is 69.1 Å². The zero-order valence-electron chi connectivity index (χ0n) is 26.3. The van der Waals surface area contributed by atoms with Gasteiger partial charge in [-0.05, 0) is 61.8 Å². The average molecular weight is 643 g/mol. The van der Waals surface area contributed by atoms with Crippen molar-refractivity contribution >= 4 is 36.8 Å². The first-order valence-corrected chi connectivity index (χ1v) is 19.0. The van der Waals surface area contributed by atoms with Gasteiger partial charge in [0.05, 0.1) is 54.0 Å². The molecule has 0 aliphatic carbocycles. The molecule has 240 valence electrons. The minimum Gasteiger partial charge on any atom is -0.394 e. The van der Waals surface area contributed by atoms with Crippen molar-refractivity contribution in [1.29, 1.82) is 0 Å². The second kappa shape index (κ2) is 11.3. The van der Waals surface area contributed by atoms with E-state index in [0.717, 1.165) is 23.9 Å². The number of halogens is 1. The summed E-state index contributed by atoms with van der Waals surface area (Å²) in [6.45, 7) is 5.80. The number of rotatable bonds is 7. The van der Waals surface area contributed by atoms with Crippen LogP contribution in [0.5, 0.6) is 0 Å². The van der Waals surface area contributed by atoms with Crippen molar-refractivity contribution in [2.75, 3.05) is 18.1 Å². The van der Waals surface area contributed by atoms with Gasteiger partial charge in [0.15, 0.2) is 5.60 Å². The number of nitrogens with one attached hydrogen (secondary N) is 1. The third-order valence-electron chi connectivity index (χ3n) is 10.3. The number of likely N-dealkylation sites (tertiary alicyclic amines) is 1. The molecular weight excluding hydrogens is 603 g/mol. The number of aliphatic hydroxyl groups is 1. The molecule has 4 heterocycles. The van der Waals surface area contributed by atoms with Gasteiger partial charge >= 0.3 is 0 Å². The Balaban J connectivity index is 1.22. The Kier molecular flexibility index (Phi) is 7.53. The molecule has 1 spiro atoms. The molecule has 2 saturated heterocycles. The molecule has 1 aromatic heterocycles. The number of H-pyrrole nitrogens is 1. The van der Waals surface area contributed by atoms with Gasteiger partial charge in [0.1, 0.15) is 0 Å². The zero-order valence-corrected chi connectivity index (χ0v) is 27.3. The van der Waals surface area contributed by atoms with Crippen molar-refractivity contribution in [3.8, 4) is 5.69 Å². The van der Waals surface area contributed by atoms with Gasteiger partial charge < -0.3 is 23.8 Å². The lowest BCUT2D eigenvalue weighted by Gasteiger charge is -2.31. The molecule has 2 fully saturated rings. The maximum absolute atomic E-state index is 16.2. The molecule has 3 aliphatic heterocycles. The standard InChI is InChI=1S/C35H39FN4O5Si/c1-22-32(46(2,3)36)30(19-31(42)38-17-9-12-25(38)21-41)45-35(22)27-14-5-7-16-29(27)39(34(35)44)20-23-10-8-11-24(18-23)40-33(43)26-13-4-6-15-28(26)37-40/h4-8,10-11,13-16,18,22,25,30,32,37,41H,9,12,17,19-21H2,1-3H3/t22-,25+,30+,32-,35+/m1/s1. The number of hydrogen-bond donors (Lipinski definition) is 2. The second-order valence-corrected chi connectivity index (χ2v) is 17.2. The summed E-state index contributed by atoms with van der Waals surface area (Å²) < 4.78 is 24.5. The molecule has 3 aliphatic rings. The molecule has 3 aromatic carbocycles. The van der Waals surface area contributed by atoms with Crippen LogP contribution in [0.4, 0.5) is 9.80 Å². The van der Waals surface area contributed by atoms with Crippen molar-refractivity contribution < 1.29 is 23.5 Å². The number of carbonyl (C=O) groups excluding carboxylic acids is 2. The van der Waals surface area contributed by atoms with E-state index in [9.17, 15) is 19.5 Å². The normalized spacial score (nSPS) is 26.1. The Hall–Kier alpha value is -4.06. The smallest absolute Gasteiger partial charge is 0.279 e. The minimum atomic E-state index is -3.44. The number of nitrogens with zero attached hydrogens (tertiary/aromatic N) is 3. The molecular formula is C35H39FN4O5Si. The maximum Gasteiger partial charge on any atom is 0.279 e. The summed E-state index contributed by atoms with van der Waals surface area (Å²) in [5.41, 5.74) is 1.36. The third-order valence-corrected chi connectivity index (χ3v) is 12.7. The number of aromatic amines is 1. The Morgan fingerprint density at radius 3 is 2.61 bits per heavy atom. The van der Waals surface area contributed by atoms with Crippen LogP contribution in [0.15, 0.2) is 77.6 Å². The van der Waals surface area contributed by atoms with Gasteiger partial charge in [0.2, 0.25) is 14.3 Å². The zero-order chi connectivity index (χ0) is 32.4. The highest BCUT2D eigenvalue weighted by molar-refractivity contribution is 6.72. The summed E-state index contributed by atoms with van der Waals surface area (Å²) in [7, 11) is -3.44. The summed E-state index contributed by atoms with van der Waals surface area (Å²) >= 11 is 0. The number of para-hydroxylation sites is 2. The monoisotopic (exact) mass is 642 g/mol. The van der Waals surface area contributed by atoms with Gasteiger partial charge in [-0.1, -0.05) is 49.4 Å². The molecule has 0 unspecified atom stereocenters. The number of amides is 2. The van der Waals surface area contributed by atoms with Crippen LogP contribution in [-0.4, -0.2) is 65.3 Å². The molecule has 4 aromatic rings. The predicted octanol–water partition coefficient (Wildman–Crippen LogP) is 5.01. The van der Waals surface area contributed by atoms with E-state index in [2.05, 4.69) is 5.10 Å². The number of benzene rings is 3. The van der Waals surface area contributed by atoms with Crippen LogP contribution in [0.25, 0.3) is 16.6 Å². The van der Waals surface area contributed by atoms with Crippen molar-refractivity contribution in [1.82, 2.24) is 14.7 Å². The van der Waals surface area contributed by atoms with Crippen molar-refractivity contribution in [3.63, 3.8) is 0 Å². The van der Waals surface area contributed by atoms with E-state index >= 15 is 4.11 Å². The van der Waals surface area contributed by atoms with Crippen LogP contribution >= 0.6 is 0 Å². The molecule has 2 N–H and O–H groups in total. The van der Waals surface area contributed by atoms with E-state index in [1.165, 1.54) is 4.68 Å². The largest absolute Gasteiger partial charge is 0.394 e. The van der Waals surface area contributed by atoms with Crippen LogP contribution in [0.1, 0.15) is 37.3 Å². The minimum absolute atomic E-state index is 0.0374. The van der Waals surface area contributed by atoms with E-state index in [4.69, 9.17) is 4.74 Å². The van der Waals surface area contributed by atoms with E-state index in [1.807, 2.05) is 73.7 Å². The third kappa shape index (κ3) is 4.75. The fourth-order valence-corrected chi connectivity index (χ4v) is 10.7. The first kappa shape index (κ1) is 30.6. The van der Waals surface area contributed by atoms with Gasteiger partial charge in [-0.25, -0.2) is 4.68 Å². The topological polar surface area (TPSA) is 108 Å². The summed E-state index contributed by atoms with van der Waals surface area (Å²) in [4.78, 5) is 44.7. The van der Waals surface area contributed by atoms with Crippen LogP contribution in [0.3, 0.4) is 0 Å². The highest BCUT2D eigenvalue weighted by Crippen LogP contribution is 2.60. The number of fused-ring (bicyclic) bond motifs is 3. The van der Waals surface area contributed by atoms with E-state index in [0.29, 0.717) is 28.9 Å². The highest BCUT2D eigenvalue weighted by Gasteiger charge is 2.67. The molecule has 7 rings (SSSR count). The van der Waals surface area contributed by atoms with E-state index < -0.39 is 31.6 Å². The number of hydrogen-bond acceptors (Lipinski definition) is 5. The number of ether oxygens (including phenoxy) is 1. The average Bonchev–Trinajstić information content (AvgIpc) is 3.78. The Bertz CT molecular complexity index is 1880. The van der Waals surface area contributed by atoms with Gasteiger partial charge in [0, 0.05) is 23.6 Å². The van der Waals surface area contributed by atoms with Gasteiger partial charge in [0.25, 0.3) is 11.5 Å². The van der Waals surface area contributed by atoms with Gasteiger partial charge in [-0.15, -0.1) is 0 Å². The van der Waals surface area contributed by atoms with E-state index in [-0.39, 0.29) is 43.0 Å². The first-order chi connectivity index (χ1) is 22.0. The van der Waals surface area contributed by atoms with Crippen LogP contribution in [0.2, 0.25) is 18.6 Å². The van der Waals surface area contributed by atoms with Crippen molar-refractivity contribution in [3.05, 3.63) is 94.3 Å². The van der Waals surface area contributed by atoms with Crippen molar-refractivity contribution in [2.24, 2.45) is 5.92 Å². The summed E-state index contributed by atoms with van der Waals surface area (Å²) in [5.74, 6) is -0.963. The predicted molar refractivity (Wildman–Crippen MR) is 176 cm³/mol. The number of aliphatic hydroxyl groups excluding tert-OH is 1. The first-order valence-electron chi connectivity index (χ1n) is 16.0. The second-order valence-electron chi connectivity index (χ2n) is 13.4. The molecule has 9 nitrogen and oxygen atoms in total. The lowest BCUT2D eigenvalue weighted by atomic mass is 9.82. The molecule has 0 saturated carbocycles. The Labute approximate surface area is 267 Å². The molecule has 0 bridgehead atoms. The lowest BCUT2D eigenvalue weighted by Crippen LogP contribution is -2.45. The maximum atomic E-state index is 16.2. The summed E-state index contributed by atoms with van der Waals surface area (Å²) in [6.07, 6.45) is 0.734. The molecule has 46 heavy (non-hydrogen) atoms. The Morgan fingerprint density at radius 2 is 1.85 bits per heavy atom. The lowest BCUT2D eigenvalue weighted by molar-refractivity contribution is -0.150. The fraction of sp³-hybridized carbons (Fsp3) is 0.400. The van der Waals surface area contributed by atoms with Gasteiger partial charge in [-0.3, -0.25) is 19.5 Å². The fourth-order valence-electron chi connectivity index (χ4n) is 8.22. The molecule has 2 amide bonds. The van der Waals surface area contributed by atoms with Crippen LogP contribution < -0.4 is 10.5 Å². The Morgan fingerprint density at radius 1 is 1.09 bits per heavy atom. The van der Waals surface area contributed by atoms with Crippen LogP contribution in [-0.2, 0) is 26.5 Å². The molecule has 0 radical (unpaired) electrons.